The van der Waals surface area contributed by atoms with Gasteiger partial charge in [-0.3, -0.25) is 14.9 Å². The molecule has 0 unspecified atom stereocenters. The lowest BCUT2D eigenvalue weighted by molar-refractivity contribution is -0.383. The molecular weight excluding hydrogens is 298 g/mol. The monoisotopic (exact) mass is 315 g/mol. The van der Waals surface area contributed by atoms with Gasteiger partial charge >= 0.3 is 0 Å². The molecule has 0 saturated carbocycles. The van der Waals surface area contributed by atoms with Crippen molar-refractivity contribution in [3.05, 3.63) is 69.3 Å². The molecule has 0 atom stereocenters. The molecule has 0 aliphatic rings. The Balaban J connectivity index is 1.97. The number of benzene rings is 2. The minimum absolute atomic E-state index is 0.0108. The summed E-state index contributed by atoms with van der Waals surface area (Å²) in [5.74, 6) is -0.446. The number of hydrogen-bond donors (Lipinski definition) is 3. The Labute approximate surface area is 132 Å². The highest BCUT2D eigenvalue weighted by molar-refractivity contribution is 6.00. The Morgan fingerprint density at radius 3 is 2.43 bits per heavy atom. The van der Waals surface area contributed by atoms with Crippen molar-refractivity contribution >= 4 is 17.3 Å². The molecule has 2 aromatic carbocycles. The molecule has 0 aliphatic heterocycles. The topological polar surface area (TPSA) is 118 Å². The molecule has 7 heteroatoms. The van der Waals surface area contributed by atoms with E-state index in [9.17, 15) is 14.9 Å². The number of para-hydroxylation sites is 1. The van der Waals surface area contributed by atoms with Crippen molar-refractivity contribution in [1.29, 1.82) is 0 Å². The van der Waals surface area contributed by atoms with Crippen LogP contribution in [0.25, 0.3) is 0 Å². The number of amides is 1. The molecule has 120 valence electrons. The number of nitro groups is 1. The molecule has 0 aliphatic carbocycles. The summed E-state index contributed by atoms with van der Waals surface area (Å²) >= 11 is 0. The van der Waals surface area contributed by atoms with E-state index < -0.39 is 10.8 Å². The number of nitrogens with one attached hydrogen (secondary N) is 1. The second kappa shape index (κ2) is 7.37. The van der Waals surface area contributed by atoms with Crippen molar-refractivity contribution in [2.24, 2.45) is 0 Å². The molecule has 2 aromatic rings. The van der Waals surface area contributed by atoms with E-state index in [1.807, 2.05) is 24.3 Å². The average Bonchev–Trinajstić information content (AvgIpc) is 2.55. The number of nitrogen functional groups attached to an aromatic ring is 1. The number of nitrogens with two attached hydrogens (primary N) is 1. The minimum atomic E-state index is -0.616. The smallest absolute Gasteiger partial charge is 0.292 e. The van der Waals surface area contributed by atoms with Crippen LogP contribution in [0.5, 0.6) is 0 Å². The van der Waals surface area contributed by atoms with E-state index in [0.29, 0.717) is 13.0 Å². The molecule has 1 amide bonds. The van der Waals surface area contributed by atoms with Gasteiger partial charge in [0.05, 0.1) is 17.1 Å². The van der Waals surface area contributed by atoms with Crippen LogP contribution in [0.4, 0.5) is 11.4 Å². The van der Waals surface area contributed by atoms with Crippen molar-refractivity contribution in [1.82, 2.24) is 5.32 Å². The van der Waals surface area contributed by atoms with Gasteiger partial charge in [0.15, 0.2) is 0 Å². The zero-order valence-corrected chi connectivity index (χ0v) is 12.4. The number of aliphatic hydroxyl groups is 1. The highest BCUT2D eigenvalue weighted by atomic mass is 16.6. The van der Waals surface area contributed by atoms with Gasteiger partial charge in [-0.2, -0.15) is 0 Å². The van der Waals surface area contributed by atoms with E-state index in [-0.39, 0.29) is 23.5 Å². The van der Waals surface area contributed by atoms with Crippen LogP contribution in [0, 0.1) is 10.1 Å². The molecule has 0 bridgehead atoms. The van der Waals surface area contributed by atoms with Gasteiger partial charge in [-0.15, -0.1) is 0 Å². The van der Waals surface area contributed by atoms with Gasteiger partial charge in [-0.1, -0.05) is 30.3 Å². The summed E-state index contributed by atoms with van der Waals surface area (Å²) in [5.41, 5.74) is 7.18. The van der Waals surface area contributed by atoms with E-state index in [1.54, 1.807) is 0 Å². The number of aliphatic hydroxyl groups excluding tert-OH is 1. The average molecular weight is 315 g/mol. The highest BCUT2D eigenvalue weighted by Crippen LogP contribution is 2.24. The van der Waals surface area contributed by atoms with Gasteiger partial charge in [-0.05, 0) is 23.6 Å². The van der Waals surface area contributed by atoms with Crippen molar-refractivity contribution in [2.75, 3.05) is 12.3 Å². The fourth-order valence-corrected chi connectivity index (χ4v) is 2.14. The molecule has 0 saturated heterocycles. The van der Waals surface area contributed by atoms with Crippen LogP contribution >= 0.6 is 0 Å². The summed E-state index contributed by atoms with van der Waals surface area (Å²) in [6, 6.07) is 11.5. The van der Waals surface area contributed by atoms with Crippen molar-refractivity contribution in [2.45, 2.75) is 13.0 Å². The summed E-state index contributed by atoms with van der Waals surface area (Å²) in [6.45, 7) is 0.364. The van der Waals surface area contributed by atoms with Gasteiger partial charge in [0.1, 0.15) is 5.69 Å². The fourth-order valence-electron chi connectivity index (χ4n) is 2.14. The molecule has 23 heavy (non-hydrogen) atoms. The number of nitrogens with zero attached hydrogens (tertiary/aromatic N) is 1. The molecule has 0 spiro atoms. The van der Waals surface area contributed by atoms with Crippen molar-refractivity contribution < 1.29 is 14.8 Å². The normalized spacial score (nSPS) is 10.3. The summed E-state index contributed by atoms with van der Waals surface area (Å²) in [5, 5.41) is 22.5. The maximum atomic E-state index is 12.1. The molecule has 7 nitrogen and oxygen atoms in total. The molecular formula is C16H17N3O4. The zero-order chi connectivity index (χ0) is 16.8. The maximum absolute atomic E-state index is 12.1. The van der Waals surface area contributed by atoms with E-state index >= 15 is 0 Å². The van der Waals surface area contributed by atoms with E-state index in [4.69, 9.17) is 10.8 Å². The number of carbonyl (C=O) groups is 1. The van der Waals surface area contributed by atoms with Gasteiger partial charge in [0, 0.05) is 12.6 Å². The van der Waals surface area contributed by atoms with Crippen LogP contribution in [0.1, 0.15) is 21.5 Å². The quantitative estimate of drug-likeness (QED) is 0.425. The SMILES string of the molecule is Nc1c(C(=O)NCCc2ccc(CO)cc2)cccc1[N+](=O)[O-]. The van der Waals surface area contributed by atoms with E-state index in [2.05, 4.69) is 5.32 Å². The summed E-state index contributed by atoms with van der Waals surface area (Å²) in [4.78, 5) is 22.3. The Kier molecular flexibility index (Phi) is 5.27. The third-order valence-corrected chi connectivity index (χ3v) is 3.43. The first-order chi connectivity index (χ1) is 11.0. The first-order valence-electron chi connectivity index (χ1n) is 7.02. The highest BCUT2D eigenvalue weighted by Gasteiger charge is 2.18. The Morgan fingerprint density at radius 2 is 1.83 bits per heavy atom. The summed E-state index contributed by atoms with van der Waals surface area (Å²) in [7, 11) is 0. The van der Waals surface area contributed by atoms with E-state index in [1.165, 1.54) is 18.2 Å². The number of nitro benzene ring substituents is 1. The molecule has 0 fully saturated rings. The molecule has 4 N–H and O–H groups in total. The Bertz CT molecular complexity index is 714. The number of carbonyl (C=O) groups excluding carboxylic acids is 1. The second-order valence-electron chi connectivity index (χ2n) is 4.98. The lowest BCUT2D eigenvalue weighted by Crippen LogP contribution is -2.26. The van der Waals surface area contributed by atoms with Crippen LogP contribution in [0.3, 0.4) is 0 Å². The summed E-state index contributed by atoms with van der Waals surface area (Å²) in [6.07, 6.45) is 0.603. The van der Waals surface area contributed by atoms with Gasteiger partial charge in [0.25, 0.3) is 11.6 Å². The van der Waals surface area contributed by atoms with Crippen molar-refractivity contribution in [3.63, 3.8) is 0 Å². The first-order valence-corrected chi connectivity index (χ1v) is 7.02. The third-order valence-electron chi connectivity index (χ3n) is 3.43. The molecule has 0 radical (unpaired) electrons. The van der Waals surface area contributed by atoms with Crippen LogP contribution in [0.2, 0.25) is 0 Å². The lowest BCUT2D eigenvalue weighted by atomic mass is 10.1. The van der Waals surface area contributed by atoms with Crippen LogP contribution in [0.15, 0.2) is 42.5 Å². The second-order valence-corrected chi connectivity index (χ2v) is 4.98. The summed E-state index contributed by atoms with van der Waals surface area (Å²) < 4.78 is 0. The predicted octanol–water partition coefficient (Wildman–Crippen LogP) is 1.64. The Morgan fingerprint density at radius 1 is 1.17 bits per heavy atom. The standard InChI is InChI=1S/C16H17N3O4/c17-15-13(2-1-3-14(15)19(22)23)16(21)18-9-8-11-4-6-12(10-20)7-5-11/h1-7,20H,8-10,17H2,(H,18,21). The maximum Gasteiger partial charge on any atom is 0.292 e. The van der Waals surface area contributed by atoms with Gasteiger partial charge < -0.3 is 16.2 Å². The molecule has 2 rings (SSSR count). The van der Waals surface area contributed by atoms with Gasteiger partial charge in [0.2, 0.25) is 0 Å². The largest absolute Gasteiger partial charge is 0.393 e. The van der Waals surface area contributed by atoms with Gasteiger partial charge in [-0.25, -0.2) is 0 Å². The third kappa shape index (κ3) is 4.04. The van der Waals surface area contributed by atoms with Crippen LogP contribution < -0.4 is 11.1 Å². The van der Waals surface area contributed by atoms with Crippen LogP contribution in [-0.4, -0.2) is 22.5 Å². The molecule has 0 aromatic heterocycles. The number of anilines is 1. The van der Waals surface area contributed by atoms with Crippen LogP contribution in [-0.2, 0) is 13.0 Å². The number of rotatable bonds is 6. The minimum Gasteiger partial charge on any atom is -0.393 e. The number of hydrogen-bond acceptors (Lipinski definition) is 5. The first kappa shape index (κ1) is 16.4. The fraction of sp³-hybridized carbons (Fsp3) is 0.188. The zero-order valence-electron chi connectivity index (χ0n) is 12.4. The predicted molar refractivity (Wildman–Crippen MR) is 85.9 cm³/mol. The Hall–Kier alpha value is -2.93. The molecule has 0 heterocycles. The lowest BCUT2D eigenvalue weighted by Gasteiger charge is -2.08. The van der Waals surface area contributed by atoms with E-state index in [0.717, 1.165) is 11.1 Å². The van der Waals surface area contributed by atoms with Crippen molar-refractivity contribution in [3.8, 4) is 0 Å².